The normalized spacial score (nSPS) is 11.1. The number of methoxy groups -OCH3 is 2. The molecule has 4 aromatic rings. The van der Waals surface area contributed by atoms with Crippen LogP contribution >= 0.6 is 0 Å². The quantitative estimate of drug-likeness (QED) is 0.350. The molecular weight excluding hydrogens is 428 g/mol. The van der Waals surface area contributed by atoms with Crippen LogP contribution in [0.25, 0.3) is 28.0 Å². The van der Waals surface area contributed by atoms with Crippen LogP contribution in [-0.2, 0) is 0 Å². The van der Waals surface area contributed by atoms with E-state index in [1.54, 1.807) is 26.4 Å². The van der Waals surface area contributed by atoms with E-state index in [4.69, 9.17) is 14.5 Å². The smallest absolute Gasteiger partial charge is 0.336 e. The number of imidazole rings is 1. The van der Waals surface area contributed by atoms with Crippen LogP contribution in [0.5, 0.6) is 11.5 Å². The van der Waals surface area contributed by atoms with Gasteiger partial charge in [-0.3, -0.25) is 0 Å². The largest absolute Gasteiger partial charge is 0.497 e. The summed E-state index contributed by atoms with van der Waals surface area (Å²) < 4.78 is 13.1. The molecule has 0 unspecified atom stereocenters. The average molecular weight is 457 g/mol. The van der Waals surface area contributed by atoms with E-state index in [9.17, 15) is 9.90 Å². The molecule has 1 heterocycles. The van der Waals surface area contributed by atoms with Crippen molar-refractivity contribution in [3.63, 3.8) is 0 Å². The number of aromatic nitrogens is 2. The van der Waals surface area contributed by atoms with Crippen molar-refractivity contribution in [1.82, 2.24) is 9.55 Å². The van der Waals surface area contributed by atoms with Crippen LogP contribution in [0.3, 0.4) is 0 Å². The Bertz CT molecular complexity index is 1400. The van der Waals surface area contributed by atoms with E-state index >= 15 is 0 Å². The van der Waals surface area contributed by atoms with Crippen molar-refractivity contribution >= 4 is 22.6 Å². The van der Waals surface area contributed by atoms with Gasteiger partial charge < -0.3 is 19.1 Å². The zero-order valence-corrected chi connectivity index (χ0v) is 20.0. The summed E-state index contributed by atoms with van der Waals surface area (Å²) in [6.07, 6.45) is 0. The Balaban J connectivity index is 2.09. The van der Waals surface area contributed by atoms with Crippen molar-refractivity contribution in [3.05, 3.63) is 83.4 Å². The second-order valence-corrected chi connectivity index (χ2v) is 8.47. The van der Waals surface area contributed by atoms with Crippen molar-refractivity contribution in [1.29, 1.82) is 0 Å². The highest BCUT2D eigenvalue weighted by Gasteiger charge is 2.27. The van der Waals surface area contributed by atoms with Crippen LogP contribution < -0.4 is 9.47 Å². The molecule has 1 N–H and O–H groups in total. The summed E-state index contributed by atoms with van der Waals surface area (Å²) in [7, 11) is 3.18. The first-order chi connectivity index (χ1) is 16.3. The lowest BCUT2D eigenvalue weighted by molar-refractivity contribution is 0.0697. The summed E-state index contributed by atoms with van der Waals surface area (Å²) in [5.74, 6) is 0.774. The Hall–Kier alpha value is -4.06. The average Bonchev–Trinajstić information content (AvgIpc) is 3.21. The zero-order chi connectivity index (χ0) is 24.6. The van der Waals surface area contributed by atoms with Crippen molar-refractivity contribution in [2.24, 2.45) is 0 Å². The van der Waals surface area contributed by atoms with Gasteiger partial charge in [0, 0.05) is 17.2 Å². The van der Waals surface area contributed by atoms with Crippen molar-refractivity contribution in [3.8, 4) is 22.9 Å². The van der Waals surface area contributed by atoms with Gasteiger partial charge in [0.05, 0.1) is 30.8 Å². The predicted molar refractivity (Wildman–Crippen MR) is 135 cm³/mol. The molecule has 0 atom stereocenters. The minimum atomic E-state index is -1.04. The van der Waals surface area contributed by atoms with E-state index < -0.39 is 5.97 Å². The molecule has 1 aromatic heterocycles. The fourth-order valence-electron chi connectivity index (χ4n) is 4.31. The molecule has 0 amide bonds. The highest BCUT2D eigenvalue weighted by molar-refractivity contribution is 6.02. The molecule has 0 saturated heterocycles. The summed E-state index contributed by atoms with van der Waals surface area (Å²) in [6.45, 7) is 10.5. The summed E-state index contributed by atoms with van der Waals surface area (Å²) in [5.41, 5.74) is 5.51. The molecule has 0 saturated carbocycles. The van der Waals surface area contributed by atoms with Crippen LogP contribution in [0.2, 0.25) is 0 Å². The number of benzene rings is 3. The van der Waals surface area contributed by atoms with Crippen LogP contribution in [-0.4, -0.2) is 34.8 Å². The van der Waals surface area contributed by atoms with Gasteiger partial charge >= 0.3 is 5.97 Å². The zero-order valence-electron chi connectivity index (χ0n) is 20.0. The van der Waals surface area contributed by atoms with E-state index in [-0.39, 0.29) is 11.6 Å². The number of carboxylic acid groups (broad SMARTS) is 1. The highest BCUT2D eigenvalue weighted by atomic mass is 16.5. The van der Waals surface area contributed by atoms with E-state index in [1.165, 1.54) is 0 Å². The predicted octanol–water partition coefficient (Wildman–Crippen LogP) is 6.37. The maximum atomic E-state index is 12.4. The minimum Gasteiger partial charge on any atom is -0.497 e. The molecule has 174 valence electrons. The molecule has 0 bridgehead atoms. The van der Waals surface area contributed by atoms with Gasteiger partial charge in [-0.05, 0) is 73.9 Å². The van der Waals surface area contributed by atoms with Gasteiger partial charge in [-0.15, -0.1) is 0 Å². The molecule has 0 spiro atoms. The van der Waals surface area contributed by atoms with Gasteiger partial charge in [0.2, 0.25) is 0 Å². The topological polar surface area (TPSA) is 73.6 Å². The molecular formula is C28H28N2O4. The minimum absolute atomic E-state index is 0.0395. The molecule has 0 fully saturated rings. The number of nitrogens with zero attached hydrogens (tertiary/aromatic N) is 2. The summed E-state index contributed by atoms with van der Waals surface area (Å²) >= 11 is 0. The molecule has 0 aliphatic carbocycles. The molecule has 4 rings (SSSR count). The molecule has 0 aliphatic rings. The maximum absolute atomic E-state index is 12.4. The lowest BCUT2D eigenvalue weighted by Gasteiger charge is -2.21. The lowest BCUT2D eigenvalue weighted by Crippen LogP contribution is -2.10. The van der Waals surface area contributed by atoms with Crippen LogP contribution in [0.15, 0.2) is 61.2 Å². The number of carboxylic acids is 1. The van der Waals surface area contributed by atoms with E-state index in [0.717, 1.165) is 27.9 Å². The van der Waals surface area contributed by atoms with Crippen molar-refractivity contribution in [2.45, 2.75) is 26.8 Å². The van der Waals surface area contributed by atoms with E-state index in [1.807, 2.05) is 49.4 Å². The lowest BCUT2D eigenvalue weighted by atomic mass is 9.90. The SMILES string of the molecule is C=C(c1ccc(OC)cc1)c1c(OC)ccc(C(=O)O)c1-c1nc2cc(C)ccc2n1C(C)C. The van der Waals surface area contributed by atoms with Gasteiger partial charge in [-0.25, -0.2) is 9.78 Å². The second-order valence-electron chi connectivity index (χ2n) is 8.47. The van der Waals surface area contributed by atoms with Crippen molar-refractivity contribution < 1.29 is 19.4 Å². The summed E-state index contributed by atoms with van der Waals surface area (Å²) in [5, 5.41) is 10.2. The monoisotopic (exact) mass is 456 g/mol. The number of aryl methyl sites for hydroxylation is 1. The second kappa shape index (κ2) is 9.06. The number of ether oxygens (including phenoxy) is 2. The first-order valence-electron chi connectivity index (χ1n) is 11.0. The molecule has 6 heteroatoms. The summed E-state index contributed by atoms with van der Waals surface area (Å²) in [4.78, 5) is 17.3. The Labute approximate surface area is 199 Å². The van der Waals surface area contributed by atoms with Gasteiger partial charge in [0.1, 0.15) is 17.3 Å². The van der Waals surface area contributed by atoms with Gasteiger partial charge in [-0.2, -0.15) is 0 Å². The number of hydrogen-bond donors (Lipinski definition) is 1. The fourth-order valence-corrected chi connectivity index (χ4v) is 4.31. The molecule has 0 aliphatic heterocycles. The van der Waals surface area contributed by atoms with E-state index in [0.29, 0.717) is 28.3 Å². The van der Waals surface area contributed by atoms with E-state index in [2.05, 4.69) is 25.0 Å². The highest BCUT2D eigenvalue weighted by Crippen LogP contribution is 2.42. The van der Waals surface area contributed by atoms with Crippen LogP contribution in [0.1, 0.15) is 46.9 Å². The fraction of sp³-hybridized carbons (Fsp3) is 0.214. The van der Waals surface area contributed by atoms with Crippen LogP contribution in [0, 0.1) is 6.92 Å². The first kappa shape index (κ1) is 23.1. The standard InChI is InChI=1S/C28H28N2O4/c1-16(2)30-23-13-7-17(3)15-22(23)29-27(30)26-21(28(31)32)12-14-24(34-6)25(26)18(4)19-8-10-20(33-5)11-9-19/h7-16H,4H2,1-3,5-6H3,(H,31,32). The number of carbonyl (C=O) groups is 1. The van der Waals surface area contributed by atoms with Gasteiger partial charge in [0.15, 0.2) is 0 Å². The molecule has 34 heavy (non-hydrogen) atoms. The Morgan fingerprint density at radius 2 is 1.74 bits per heavy atom. The third kappa shape index (κ3) is 3.92. The number of fused-ring (bicyclic) bond motifs is 1. The van der Waals surface area contributed by atoms with Crippen LogP contribution in [0.4, 0.5) is 0 Å². The third-order valence-corrected chi connectivity index (χ3v) is 5.94. The van der Waals surface area contributed by atoms with Gasteiger partial charge in [-0.1, -0.05) is 24.8 Å². The van der Waals surface area contributed by atoms with Gasteiger partial charge in [0.25, 0.3) is 0 Å². The first-order valence-corrected chi connectivity index (χ1v) is 11.0. The Kier molecular flexibility index (Phi) is 6.16. The number of aromatic carboxylic acids is 1. The molecule has 0 radical (unpaired) electrons. The number of hydrogen-bond acceptors (Lipinski definition) is 4. The maximum Gasteiger partial charge on any atom is 0.336 e. The summed E-state index contributed by atoms with van der Waals surface area (Å²) in [6, 6.07) is 16.8. The Morgan fingerprint density at radius 3 is 2.32 bits per heavy atom. The third-order valence-electron chi connectivity index (χ3n) is 5.94. The molecule has 3 aromatic carbocycles. The Morgan fingerprint density at radius 1 is 1.03 bits per heavy atom. The number of rotatable bonds is 7. The molecule has 6 nitrogen and oxygen atoms in total. The van der Waals surface area contributed by atoms with Crippen molar-refractivity contribution in [2.75, 3.05) is 14.2 Å².